The molecule has 0 aliphatic carbocycles. The van der Waals surface area contributed by atoms with Gasteiger partial charge < -0.3 is 30.2 Å². The van der Waals surface area contributed by atoms with Gasteiger partial charge in [0.05, 0.1) is 4.92 Å². The highest BCUT2D eigenvalue weighted by Crippen LogP contribution is 2.22. The van der Waals surface area contributed by atoms with Crippen LogP contribution in [0.4, 0.5) is 11.4 Å². The fourth-order valence-corrected chi connectivity index (χ4v) is 1.07. The van der Waals surface area contributed by atoms with Crippen molar-refractivity contribution in [1.82, 2.24) is 0 Å². The zero-order chi connectivity index (χ0) is 9.84. The second kappa shape index (κ2) is 4.11. The Morgan fingerprint density at radius 3 is 2.69 bits per heavy atom. The summed E-state index contributed by atoms with van der Waals surface area (Å²) in [6.07, 6.45) is 0. The zero-order valence-corrected chi connectivity index (χ0v) is 8.02. The lowest BCUT2D eigenvalue weighted by molar-refractivity contribution is -0.383. The zero-order valence-electron chi connectivity index (χ0n) is 6.39. The van der Waals surface area contributed by atoms with Crippen LogP contribution in [0, 0.1) is 10.1 Å². The van der Waals surface area contributed by atoms with Gasteiger partial charge in [-0.3, -0.25) is 10.1 Å². The molecule has 6 heteroatoms. The highest BCUT2D eigenvalue weighted by Gasteiger charge is 2.10. The van der Waals surface area contributed by atoms with Gasteiger partial charge in [0.25, 0.3) is 5.69 Å². The molecule has 1 aromatic carbocycles. The van der Waals surface area contributed by atoms with Crippen LogP contribution in [0.3, 0.4) is 0 Å². The van der Waals surface area contributed by atoms with Gasteiger partial charge in [-0.1, -0.05) is 16.5 Å². The second-order valence-corrected chi connectivity index (χ2v) is 3.26. The van der Waals surface area contributed by atoms with Crippen LogP contribution in [-0.2, 0) is 12.6 Å². The maximum absolute atomic E-state index is 10.5. The van der Waals surface area contributed by atoms with Gasteiger partial charge in [-0.05, 0) is 6.07 Å². The summed E-state index contributed by atoms with van der Waals surface area (Å²) in [4.78, 5) is 10.0. The van der Waals surface area contributed by atoms with Gasteiger partial charge in [-0.2, -0.15) is 0 Å². The number of rotatable bonds is 2. The van der Waals surface area contributed by atoms with Crippen LogP contribution in [0.5, 0.6) is 0 Å². The lowest BCUT2D eigenvalue weighted by Crippen LogP contribution is -2.06. The molecule has 0 unspecified atom stereocenters. The smallest absolute Gasteiger partial charge is 0.292 e. The molecule has 0 atom stereocenters. The van der Waals surface area contributed by atoms with Crippen molar-refractivity contribution in [3.63, 3.8) is 0 Å². The Hall–Kier alpha value is -1.27. The van der Waals surface area contributed by atoms with E-state index in [4.69, 9.17) is 0 Å². The molecule has 0 aliphatic heterocycles. The lowest BCUT2D eigenvalue weighted by atomic mass is 10.3. The van der Waals surface area contributed by atoms with Crippen molar-refractivity contribution in [2.75, 3.05) is 5.32 Å². The first-order chi connectivity index (χ1) is 6.11. The van der Waals surface area contributed by atoms with Gasteiger partial charge in [-0.15, -0.1) is 0 Å². The molecule has 0 fully saturated rings. The van der Waals surface area contributed by atoms with Crippen molar-refractivity contribution in [1.29, 1.82) is 0 Å². The van der Waals surface area contributed by atoms with Gasteiger partial charge in [0.2, 0.25) is 0 Å². The largest absolute Gasteiger partial charge is 0.411 e. The van der Waals surface area contributed by atoms with Crippen LogP contribution < -0.4 is 5.32 Å². The number of nitrogens with one attached hydrogen (secondary N) is 1. The molecule has 1 N–H and O–H groups in total. The minimum atomic E-state index is -0.490. The third-order valence-electron chi connectivity index (χ3n) is 1.34. The van der Waals surface area contributed by atoms with Gasteiger partial charge in [0, 0.05) is 6.07 Å². The number of nitrogens with zero attached hydrogens (tertiary/aromatic N) is 1. The Morgan fingerprint density at radius 1 is 1.54 bits per heavy atom. The monoisotopic (exact) mass is 213 g/mol. The summed E-state index contributed by atoms with van der Waals surface area (Å²) >= 11 is 9.21. The molecule has 4 nitrogen and oxygen atoms in total. The van der Waals surface area contributed by atoms with E-state index >= 15 is 0 Å². The van der Waals surface area contributed by atoms with Crippen LogP contribution in [0.2, 0.25) is 0 Å². The SMILES string of the molecule is O=[N+]([O-])c1ccccc1NC(=S)[S-]. The lowest BCUT2D eigenvalue weighted by Gasteiger charge is -2.08. The van der Waals surface area contributed by atoms with Crippen LogP contribution in [0.1, 0.15) is 0 Å². The first-order valence-electron chi connectivity index (χ1n) is 3.32. The normalized spacial score (nSPS) is 9.23. The minimum Gasteiger partial charge on any atom is -0.411 e. The first kappa shape index (κ1) is 9.82. The predicted octanol–water partition coefficient (Wildman–Crippen LogP) is 1.84. The Morgan fingerprint density at radius 2 is 2.15 bits per heavy atom. The topological polar surface area (TPSA) is 55.2 Å². The quantitative estimate of drug-likeness (QED) is 0.351. The summed E-state index contributed by atoms with van der Waals surface area (Å²) in [6, 6.07) is 6.19. The van der Waals surface area contributed by atoms with E-state index in [1.807, 2.05) is 0 Å². The van der Waals surface area contributed by atoms with Crippen LogP contribution >= 0.6 is 12.2 Å². The molecule has 1 rings (SSSR count). The third-order valence-corrected chi connectivity index (χ3v) is 1.54. The summed E-state index contributed by atoms with van der Waals surface area (Å²) in [6.45, 7) is 0. The van der Waals surface area contributed by atoms with E-state index in [9.17, 15) is 10.1 Å². The molecule has 0 saturated carbocycles. The molecule has 0 heterocycles. The van der Waals surface area contributed by atoms with E-state index in [0.29, 0.717) is 5.69 Å². The Kier molecular flexibility index (Phi) is 3.10. The highest BCUT2D eigenvalue weighted by atomic mass is 32.1. The molecular formula is C7H5N2O2S2-. The molecule has 0 saturated heterocycles. The number of benzene rings is 1. The van der Waals surface area contributed by atoms with E-state index in [-0.39, 0.29) is 10.0 Å². The number of nitro benzene ring substituents is 1. The van der Waals surface area contributed by atoms with E-state index in [2.05, 4.69) is 30.2 Å². The van der Waals surface area contributed by atoms with Gasteiger partial charge in [0.1, 0.15) is 5.69 Å². The van der Waals surface area contributed by atoms with Crippen molar-refractivity contribution >= 4 is 40.5 Å². The fraction of sp³-hybridized carbons (Fsp3) is 0. The summed E-state index contributed by atoms with van der Waals surface area (Å²) in [5, 5.41) is 13.1. The summed E-state index contributed by atoms with van der Waals surface area (Å²) in [5.74, 6) is 0. The maximum Gasteiger partial charge on any atom is 0.292 e. The van der Waals surface area contributed by atoms with E-state index < -0.39 is 4.92 Å². The molecule has 0 bridgehead atoms. The highest BCUT2D eigenvalue weighted by molar-refractivity contribution is 8.00. The van der Waals surface area contributed by atoms with E-state index in [1.54, 1.807) is 18.2 Å². The van der Waals surface area contributed by atoms with Crippen molar-refractivity contribution < 1.29 is 4.92 Å². The van der Waals surface area contributed by atoms with Crippen molar-refractivity contribution in [2.45, 2.75) is 0 Å². The fourth-order valence-electron chi connectivity index (χ4n) is 0.849. The molecule has 0 aromatic heterocycles. The number of para-hydroxylation sites is 2. The minimum absolute atomic E-state index is 0.0327. The molecule has 13 heavy (non-hydrogen) atoms. The maximum atomic E-state index is 10.5. The van der Waals surface area contributed by atoms with Crippen LogP contribution in [-0.4, -0.2) is 9.24 Å². The molecule has 1 aromatic rings. The number of nitro groups is 1. The third kappa shape index (κ3) is 2.60. The molecule has 0 aliphatic rings. The first-order valence-corrected chi connectivity index (χ1v) is 4.14. The molecule has 0 amide bonds. The Bertz CT molecular complexity index is 354. The number of thiocarbonyl (C=S) groups is 1. The van der Waals surface area contributed by atoms with Gasteiger partial charge in [-0.25, -0.2) is 0 Å². The Labute approximate surface area is 85.5 Å². The number of hydrogen-bond donors (Lipinski definition) is 1. The molecule has 68 valence electrons. The average Bonchev–Trinajstić information content (AvgIpc) is 2.03. The summed E-state index contributed by atoms with van der Waals surface area (Å²) in [7, 11) is 0. The van der Waals surface area contributed by atoms with Gasteiger partial charge in [0.15, 0.2) is 0 Å². The summed E-state index contributed by atoms with van der Waals surface area (Å²) < 4.78 is 0.0919. The number of hydrogen-bond acceptors (Lipinski definition) is 4. The van der Waals surface area contributed by atoms with E-state index in [1.165, 1.54) is 6.07 Å². The van der Waals surface area contributed by atoms with Crippen LogP contribution in [0.25, 0.3) is 0 Å². The van der Waals surface area contributed by atoms with Crippen molar-refractivity contribution in [2.24, 2.45) is 0 Å². The van der Waals surface area contributed by atoms with Gasteiger partial charge >= 0.3 is 0 Å². The molecule has 0 radical (unpaired) electrons. The number of anilines is 1. The average molecular weight is 213 g/mol. The second-order valence-electron chi connectivity index (χ2n) is 2.19. The van der Waals surface area contributed by atoms with E-state index in [0.717, 1.165) is 0 Å². The van der Waals surface area contributed by atoms with Crippen molar-refractivity contribution in [3.05, 3.63) is 34.4 Å². The van der Waals surface area contributed by atoms with Crippen LogP contribution in [0.15, 0.2) is 24.3 Å². The molecular weight excluding hydrogens is 208 g/mol. The summed E-state index contributed by atoms with van der Waals surface area (Å²) in [5.41, 5.74) is 0.294. The standard InChI is InChI=1S/C7H6N2O2S2/c10-9(11)6-4-2-1-3-5(6)8-7(12)13/h1-4H,(H2,8,12,13)/p-1. The van der Waals surface area contributed by atoms with Crippen molar-refractivity contribution in [3.8, 4) is 0 Å². The Balaban J connectivity index is 3.04. The molecule has 0 spiro atoms. The predicted molar refractivity (Wildman–Crippen MR) is 56.7 cm³/mol.